The number of hydrogen-bond donors (Lipinski definition) is 1. The van der Waals surface area contributed by atoms with Crippen molar-refractivity contribution in [3.63, 3.8) is 0 Å². The van der Waals surface area contributed by atoms with Crippen LogP contribution in [0.1, 0.15) is 0 Å². The molecule has 0 aliphatic heterocycles. The van der Waals surface area contributed by atoms with E-state index in [1.165, 1.54) is 24.3 Å². The standard InChI is InChI=1S/C20H15Cl3N2O3S/c21-14-9-11-15(12-10-14)25(29(27,28)16-5-2-1-3-6-16)13-19(26)24-20-17(22)7-4-8-18(20)23/h1-12H,13H2,(H,24,26). The fourth-order valence-corrected chi connectivity index (χ4v) is 4.63. The quantitative estimate of drug-likeness (QED) is 0.520. The molecular formula is C20H15Cl3N2O3S. The Hall–Kier alpha value is -2.25. The molecule has 0 spiro atoms. The number of nitrogens with zero attached hydrogens (tertiary/aromatic N) is 1. The van der Waals surface area contributed by atoms with Gasteiger partial charge in [0, 0.05) is 5.02 Å². The molecule has 0 bridgehead atoms. The number of halogens is 3. The normalized spacial score (nSPS) is 11.1. The predicted octanol–water partition coefficient (Wildman–Crippen LogP) is 5.48. The van der Waals surface area contributed by atoms with Gasteiger partial charge in [0.25, 0.3) is 10.0 Å². The van der Waals surface area contributed by atoms with Crippen molar-refractivity contribution in [1.82, 2.24) is 0 Å². The number of amides is 1. The molecule has 0 aliphatic rings. The number of carbonyl (C=O) groups excluding carboxylic acids is 1. The smallest absolute Gasteiger partial charge is 0.264 e. The minimum absolute atomic E-state index is 0.0542. The Morgan fingerprint density at radius 3 is 2.00 bits per heavy atom. The van der Waals surface area contributed by atoms with Crippen LogP contribution in [0.2, 0.25) is 15.1 Å². The first kappa shape index (κ1) is 21.5. The zero-order valence-corrected chi connectivity index (χ0v) is 17.9. The van der Waals surface area contributed by atoms with E-state index in [1.807, 2.05) is 0 Å². The summed E-state index contributed by atoms with van der Waals surface area (Å²) in [6, 6.07) is 18.8. The summed E-state index contributed by atoms with van der Waals surface area (Å²) in [4.78, 5) is 12.7. The fraction of sp³-hybridized carbons (Fsp3) is 0.0500. The van der Waals surface area contributed by atoms with Crippen LogP contribution in [0.3, 0.4) is 0 Å². The van der Waals surface area contributed by atoms with E-state index in [4.69, 9.17) is 34.8 Å². The lowest BCUT2D eigenvalue weighted by Crippen LogP contribution is -2.38. The van der Waals surface area contributed by atoms with Crippen molar-refractivity contribution in [3.8, 4) is 0 Å². The SMILES string of the molecule is O=C(CN(c1ccc(Cl)cc1)S(=O)(=O)c1ccccc1)Nc1c(Cl)cccc1Cl. The molecule has 3 aromatic carbocycles. The molecule has 0 atom stereocenters. The van der Waals surface area contributed by atoms with Gasteiger partial charge in [-0.3, -0.25) is 9.10 Å². The van der Waals surface area contributed by atoms with Crippen LogP contribution in [-0.4, -0.2) is 20.9 Å². The molecule has 150 valence electrons. The topological polar surface area (TPSA) is 66.5 Å². The van der Waals surface area contributed by atoms with Gasteiger partial charge < -0.3 is 5.32 Å². The molecule has 0 saturated heterocycles. The Bertz CT molecular complexity index is 1100. The van der Waals surface area contributed by atoms with E-state index in [2.05, 4.69) is 5.32 Å². The Kier molecular flexibility index (Phi) is 6.70. The number of benzene rings is 3. The number of sulfonamides is 1. The van der Waals surface area contributed by atoms with E-state index < -0.39 is 22.5 Å². The average molecular weight is 470 g/mol. The van der Waals surface area contributed by atoms with Gasteiger partial charge in [0.15, 0.2) is 0 Å². The highest BCUT2D eigenvalue weighted by atomic mass is 35.5. The molecule has 0 saturated carbocycles. The van der Waals surface area contributed by atoms with Gasteiger partial charge in [-0.25, -0.2) is 8.42 Å². The van der Waals surface area contributed by atoms with Crippen molar-refractivity contribution in [2.45, 2.75) is 4.90 Å². The zero-order valence-electron chi connectivity index (χ0n) is 14.8. The molecule has 1 N–H and O–H groups in total. The molecule has 0 radical (unpaired) electrons. The average Bonchev–Trinajstić information content (AvgIpc) is 2.70. The van der Waals surface area contributed by atoms with Gasteiger partial charge >= 0.3 is 0 Å². The van der Waals surface area contributed by atoms with Gasteiger partial charge in [-0.2, -0.15) is 0 Å². The number of anilines is 2. The summed E-state index contributed by atoms with van der Waals surface area (Å²) >= 11 is 18.1. The zero-order chi connectivity index (χ0) is 21.0. The van der Waals surface area contributed by atoms with Crippen LogP contribution in [0, 0.1) is 0 Å². The van der Waals surface area contributed by atoms with Gasteiger partial charge in [0.05, 0.1) is 26.3 Å². The maximum absolute atomic E-state index is 13.2. The third kappa shape index (κ3) is 5.03. The summed E-state index contributed by atoms with van der Waals surface area (Å²) in [7, 11) is -4.01. The van der Waals surface area contributed by atoms with Gasteiger partial charge in [0.1, 0.15) is 6.54 Å². The van der Waals surface area contributed by atoms with Crippen LogP contribution in [0.15, 0.2) is 77.7 Å². The van der Waals surface area contributed by atoms with Crippen molar-refractivity contribution in [3.05, 3.63) is 87.9 Å². The third-order valence-corrected chi connectivity index (χ3v) is 6.63. The van der Waals surface area contributed by atoms with Crippen LogP contribution >= 0.6 is 34.8 Å². The Morgan fingerprint density at radius 1 is 0.828 bits per heavy atom. The van der Waals surface area contributed by atoms with Crippen LogP contribution in [0.5, 0.6) is 0 Å². The molecule has 9 heteroatoms. The summed E-state index contributed by atoms with van der Waals surface area (Å²) in [5, 5.41) is 3.51. The highest BCUT2D eigenvalue weighted by molar-refractivity contribution is 7.92. The van der Waals surface area contributed by atoms with Crippen LogP contribution in [0.4, 0.5) is 11.4 Å². The Labute approximate surface area is 183 Å². The van der Waals surface area contributed by atoms with Crippen LogP contribution in [-0.2, 0) is 14.8 Å². The second-order valence-corrected chi connectivity index (χ2v) is 9.06. The number of para-hydroxylation sites is 1. The van der Waals surface area contributed by atoms with Crippen molar-refractivity contribution >= 4 is 62.1 Å². The Morgan fingerprint density at radius 2 is 1.41 bits per heavy atom. The number of carbonyl (C=O) groups is 1. The first-order chi connectivity index (χ1) is 13.8. The fourth-order valence-electron chi connectivity index (χ4n) is 2.57. The molecule has 0 aliphatic carbocycles. The lowest BCUT2D eigenvalue weighted by Gasteiger charge is -2.24. The van der Waals surface area contributed by atoms with Gasteiger partial charge in [-0.05, 0) is 48.5 Å². The second-order valence-electron chi connectivity index (χ2n) is 5.95. The van der Waals surface area contributed by atoms with E-state index in [1.54, 1.807) is 48.5 Å². The third-order valence-electron chi connectivity index (χ3n) is 3.96. The highest BCUT2D eigenvalue weighted by Crippen LogP contribution is 2.30. The summed E-state index contributed by atoms with van der Waals surface area (Å²) < 4.78 is 27.4. The van der Waals surface area contributed by atoms with Crippen molar-refractivity contribution in [2.24, 2.45) is 0 Å². The van der Waals surface area contributed by atoms with Gasteiger partial charge in [0.2, 0.25) is 5.91 Å². The highest BCUT2D eigenvalue weighted by Gasteiger charge is 2.27. The van der Waals surface area contributed by atoms with Crippen LogP contribution < -0.4 is 9.62 Å². The second kappa shape index (κ2) is 9.05. The lowest BCUT2D eigenvalue weighted by molar-refractivity contribution is -0.114. The van der Waals surface area contributed by atoms with E-state index in [-0.39, 0.29) is 20.6 Å². The molecule has 0 unspecified atom stereocenters. The van der Waals surface area contributed by atoms with E-state index in [9.17, 15) is 13.2 Å². The maximum atomic E-state index is 13.2. The minimum Gasteiger partial charge on any atom is -0.322 e. The number of hydrogen-bond acceptors (Lipinski definition) is 3. The minimum atomic E-state index is -4.01. The van der Waals surface area contributed by atoms with Gasteiger partial charge in [-0.15, -0.1) is 0 Å². The molecular weight excluding hydrogens is 455 g/mol. The molecule has 3 rings (SSSR count). The number of rotatable bonds is 6. The van der Waals surface area contributed by atoms with E-state index in [0.29, 0.717) is 10.7 Å². The summed E-state index contributed by atoms with van der Waals surface area (Å²) in [5.74, 6) is -0.602. The molecule has 5 nitrogen and oxygen atoms in total. The maximum Gasteiger partial charge on any atom is 0.264 e. The largest absolute Gasteiger partial charge is 0.322 e. The van der Waals surface area contributed by atoms with Gasteiger partial charge in [-0.1, -0.05) is 59.1 Å². The molecule has 0 fully saturated rings. The molecule has 3 aromatic rings. The summed E-state index contributed by atoms with van der Waals surface area (Å²) in [6.45, 7) is -0.486. The molecule has 29 heavy (non-hydrogen) atoms. The van der Waals surface area contributed by atoms with E-state index >= 15 is 0 Å². The van der Waals surface area contributed by atoms with Crippen molar-refractivity contribution in [1.29, 1.82) is 0 Å². The lowest BCUT2D eigenvalue weighted by atomic mass is 10.3. The monoisotopic (exact) mass is 468 g/mol. The molecule has 0 heterocycles. The van der Waals surface area contributed by atoms with Crippen LogP contribution in [0.25, 0.3) is 0 Å². The first-order valence-corrected chi connectivity index (χ1v) is 10.9. The number of nitrogens with one attached hydrogen (secondary N) is 1. The van der Waals surface area contributed by atoms with E-state index in [0.717, 1.165) is 4.31 Å². The van der Waals surface area contributed by atoms with Crippen molar-refractivity contribution < 1.29 is 13.2 Å². The molecule has 1 amide bonds. The summed E-state index contributed by atoms with van der Waals surface area (Å²) in [6.07, 6.45) is 0. The first-order valence-electron chi connectivity index (χ1n) is 8.36. The molecule has 0 aromatic heterocycles. The Balaban J connectivity index is 1.96. The predicted molar refractivity (Wildman–Crippen MR) is 118 cm³/mol. The van der Waals surface area contributed by atoms with Crippen molar-refractivity contribution in [2.75, 3.05) is 16.2 Å². The summed E-state index contributed by atoms with van der Waals surface area (Å²) in [5.41, 5.74) is 0.507.